The van der Waals surface area contributed by atoms with Gasteiger partial charge in [0.15, 0.2) is 12.4 Å². The van der Waals surface area contributed by atoms with Crippen LogP contribution in [0.3, 0.4) is 0 Å². The number of rotatable bonds is 83. The number of aliphatic carboxylic acids is 1. The molecule has 0 rings (SSSR count). The van der Waals surface area contributed by atoms with E-state index >= 15 is 0 Å². The summed E-state index contributed by atoms with van der Waals surface area (Å²) in [4.78, 5) is 37.6. The first-order valence-electron chi connectivity index (χ1n) is 43.2. The topological polar surface area (TPSA) is 111 Å². The summed E-state index contributed by atoms with van der Waals surface area (Å²) in [5.74, 6) is -2.24. The maximum absolute atomic E-state index is 13.0. The largest absolute Gasteiger partial charge is 0.545 e. The van der Waals surface area contributed by atoms with E-state index in [9.17, 15) is 19.5 Å². The molecule has 0 aromatic carbocycles. The second-order valence-corrected chi connectivity index (χ2v) is 31.2. The fourth-order valence-electron chi connectivity index (χ4n) is 13.8. The minimum Gasteiger partial charge on any atom is -0.545 e. The van der Waals surface area contributed by atoms with Gasteiger partial charge in [0.2, 0.25) is 0 Å². The number of quaternary nitrogens is 1. The second-order valence-electron chi connectivity index (χ2n) is 31.2. The van der Waals surface area contributed by atoms with E-state index in [4.69, 9.17) is 18.9 Å². The Labute approximate surface area is 593 Å². The van der Waals surface area contributed by atoms with E-state index in [-0.39, 0.29) is 32.2 Å². The SMILES string of the molecule is CCCCCCCCCCCCCCCCCCCCCCCCCCCCCCCCCCCCCCC(=O)OC(COC(=O)CCCCCCCCCCCCCCCCCCCCCCCCCCCCCCCCCCCC)COC(OCC[N+](C)(C)C)C(=O)[O-]. The number of carboxylic acid groups (broad SMARTS) is 1. The van der Waals surface area contributed by atoms with Crippen LogP contribution in [0.15, 0.2) is 0 Å². The van der Waals surface area contributed by atoms with E-state index in [0.717, 1.165) is 38.5 Å². The third-order valence-corrected chi connectivity index (χ3v) is 20.4. The molecule has 0 heterocycles. The lowest BCUT2D eigenvalue weighted by molar-refractivity contribution is -0.870. The highest BCUT2D eigenvalue weighted by molar-refractivity contribution is 5.70. The molecule has 0 aliphatic rings. The molecule has 0 saturated heterocycles. The predicted molar refractivity (Wildman–Crippen MR) is 408 cm³/mol. The van der Waals surface area contributed by atoms with Crippen LogP contribution in [0.2, 0.25) is 0 Å². The van der Waals surface area contributed by atoms with Crippen LogP contribution in [-0.2, 0) is 33.3 Å². The maximum Gasteiger partial charge on any atom is 0.306 e. The average Bonchev–Trinajstić information content (AvgIpc) is 3.58. The van der Waals surface area contributed by atoms with Gasteiger partial charge in [-0.1, -0.05) is 450 Å². The van der Waals surface area contributed by atoms with Crippen LogP contribution < -0.4 is 5.11 Å². The summed E-state index contributed by atoms with van der Waals surface area (Å²) in [6, 6.07) is 0. The molecule has 0 bridgehead atoms. The average molecular weight is 1350 g/mol. The number of carboxylic acids is 1. The summed E-state index contributed by atoms with van der Waals surface area (Å²) in [6.45, 7) is 4.86. The summed E-state index contributed by atoms with van der Waals surface area (Å²) in [6.07, 6.45) is 94.1. The van der Waals surface area contributed by atoms with Crippen LogP contribution in [0.5, 0.6) is 0 Å². The van der Waals surface area contributed by atoms with Gasteiger partial charge in [0.1, 0.15) is 13.2 Å². The first kappa shape index (κ1) is 93.3. The van der Waals surface area contributed by atoms with Gasteiger partial charge in [0.25, 0.3) is 0 Å². The summed E-state index contributed by atoms with van der Waals surface area (Å²) in [5.41, 5.74) is 0. The Morgan fingerprint density at radius 3 is 0.674 bits per heavy atom. The lowest BCUT2D eigenvalue weighted by Crippen LogP contribution is -2.44. The number of unbranched alkanes of at least 4 members (excludes halogenated alkanes) is 68. The molecule has 0 amide bonds. The summed E-state index contributed by atoms with van der Waals surface area (Å²) in [7, 11) is 5.96. The smallest absolute Gasteiger partial charge is 0.306 e. The zero-order valence-corrected chi connectivity index (χ0v) is 65.1. The molecule has 0 aliphatic carbocycles. The predicted octanol–water partition coefficient (Wildman–Crippen LogP) is 26.4. The van der Waals surface area contributed by atoms with Gasteiger partial charge < -0.3 is 33.3 Å². The van der Waals surface area contributed by atoms with Gasteiger partial charge in [-0.3, -0.25) is 9.59 Å². The molecule has 0 spiro atoms. The van der Waals surface area contributed by atoms with Gasteiger partial charge in [-0.25, -0.2) is 0 Å². The lowest BCUT2D eigenvalue weighted by atomic mass is 10.0. The number of ether oxygens (including phenoxy) is 4. The molecular formula is C86H169NO8. The number of carbonyl (C=O) groups is 3. The molecule has 9 heteroatoms. The van der Waals surface area contributed by atoms with Gasteiger partial charge in [-0.05, 0) is 12.8 Å². The van der Waals surface area contributed by atoms with Crippen LogP contribution in [0.25, 0.3) is 0 Å². The molecular weight excluding hydrogens is 1170 g/mol. The molecule has 2 atom stereocenters. The molecule has 2 unspecified atom stereocenters. The highest BCUT2D eigenvalue weighted by atomic mass is 16.7. The molecule has 0 aromatic heterocycles. The molecule has 0 fully saturated rings. The molecule has 0 saturated carbocycles. The summed E-state index contributed by atoms with van der Waals surface area (Å²) >= 11 is 0. The van der Waals surface area contributed by atoms with Gasteiger partial charge >= 0.3 is 11.9 Å². The Balaban J connectivity index is 3.90. The molecule has 95 heavy (non-hydrogen) atoms. The van der Waals surface area contributed by atoms with Crippen molar-refractivity contribution >= 4 is 17.9 Å². The van der Waals surface area contributed by atoms with E-state index in [1.54, 1.807) is 0 Å². The first-order valence-corrected chi connectivity index (χ1v) is 43.2. The standard InChI is InChI=1S/C86H169NO8/c1-6-8-10-12-14-16-18-20-22-24-26-28-30-32-34-36-38-40-42-43-45-47-49-51-53-55-57-59-61-63-65-67-69-71-73-75-77-84(89)95-82(81-94-86(85(90)91)92-79-78-87(3,4)5)80-93-83(88)76-74-72-70-68-66-64-62-60-58-56-54-52-50-48-46-44-41-39-37-35-33-31-29-27-25-23-21-19-17-15-13-11-9-7-2/h82,86H,6-81H2,1-5H3. The van der Waals surface area contributed by atoms with Crippen molar-refractivity contribution < 1.29 is 42.9 Å². The third kappa shape index (κ3) is 79.5. The van der Waals surface area contributed by atoms with Crippen LogP contribution in [-0.4, -0.2) is 82.3 Å². The number of hydrogen-bond donors (Lipinski definition) is 0. The molecule has 0 radical (unpaired) electrons. The fraction of sp³-hybridized carbons (Fsp3) is 0.965. The van der Waals surface area contributed by atoms with E-state index < -0.39 is 24.3 Å². The summed E-state index contributed by atoms with van der Waals surface area (Å²) in [5, 5.41) is 11.9. The monoisotopic (exact) mass is 1340 g/mol. The fourth-order valence-corrected chi connectivity index (χ4v) is 13.8. The first-order chi connectivity index (χ1) is 46.6. The van der Waals surface area contributed by atoms with E-state index in [2.05, 4.69) is 13.8 Å². The van der Waals surface area contributed by atoms with Crippen LogP contribution in [0, 0.1) is 0 Å². The molecule has 566 valence electrons. The number of likely N-dealkylation sites (N-methyl/N-ethyl adjacent to an activating group) is 1. The number of hydrogen-bond acceptors (Lipinski definition) is 8. The number of nitrogens with zero attached hydrogens (tertiary/aromatic N) is 1. The second kappa shape index (κ2) is 78.0. The van der Waals surface area contributed by atoms with Crippen molar-refractivity contribution in [3.8, 4) is 0 Å². The molecule has 0 aromatic rings. The van der Waals surface area contributed by atoms with Crippen molar-refractivity contribution in [2.75, 3.05) is 47.5 Å². The number of esters is 2. The molecule has 9 nitrogen and oxygen atoms in total. The van der Waals surface area contributed by atoms with Crippen LogP contribution in [0.1, 0.15) is 476 Å². The van der Waals surface area contributed by atoms with Gasteiger partial charge in [-0.15, -0.1) is 0 Å². The van der Waals surface area contributed by atoms with Crippen molar-refractivity contribution in [3.63, 3.8) is 0 Å². The van der Waals surface area contributed by atoms with Gasteiger partial charge in [-0.2, -0.15) is 0 Å². The summed E-state index contributed by atoms with van der Waals surface area (Å²) < 4.78 is 22.9. The minimum atomic E-state index is -1.62. The van der Waals surface area contributed by atoms with Crippen LogP contribution in [0.4, 0.5) is 0 Å². The van der Waals surface area contributed by atoms with Crippen molar-refractivity contribution in [2.24, 2.45) is 0 Å². The zero-order valence-electron chi connectivity index (χ0n) is 65.1. The highest BCUT2D eigenvalue weighted by Gasteiger charge is 2.22. The van der Waals surface area contributed by atoms with Gasteiger partial charge in [0.05, 0.1) is 40.3 Å². The minimum absolute atomic E-state index is 0.154. The quantitative estimate of drug-likeness (QED) is 0.0256. The Morgan fingerprint density at radius 2 is 0.474 bits per heavy atom. The molecule has 0 aliphatic heterocycles. The lowest BCUT2D eigenvalue weighted by Gasteiger charge is -2.26. The maximum atomic E-state index is 13.0. The van der Waals surface area contributed by atoms with Gasteiger partial charge in [0, 0.05) is 12.8 Å². The Kier molecular flexibility index (Phi) is 76.6. The Morgan fingerprint density at radius 1 is 0.274 bits per heavy atom. The number of carbonyl (C=O) groups excluding carboxylic acids is 3. The Bertz CT molecular complexity index is 1520. The van der Waals surface area contributed by atoms with Crippen LogP contribution >= 0.6 is 0 Å². The van der Waals surface area contributed by atoms with Crippen molar-refractivity contribution in [3.05, 3.63) is 0 Å². The van der Waals surface area contributed by atoms with Crippen molar-refractivity contribution in [2.45, 2.75) is 489 Å². The van der Waals surface area contributed by atoms with E-state index in [1.165, 1.54) is 411 Å². The zero-order chi connectivity index (χ0) is 69.0. The van der Waals surface area contributed by atoms with Crippen molar-refractivity contribution in [1.82, 2.24) is 0 Å². The van der Waals surface area contributed by atoms with E-state index in [1.807, 2.05) is 21.1 Å². The van der Waals surface area contributed by atoms with Crippen molar-refractivity contribution in [1.29, 1.82) is 0 Å². The molecule has 0 N–H and O–H groups in total. The van der Waals surface area contributed by atoms with E-state index in [0.29, 0.717) is 17.4 Å². The Hall–Kier alpha value is -1.71. The normalized spacial score (nSPS) is 12.5. The third-order valence-electron chi connectivity index (χ3n) is 20.4. The highest BCUT2D eigenvalue weighted by Crippen LogP contribution is 2.21.